The Morgan fingerprint density at radius 3 is 3.20 bits per heavy atom. The van der Waals surface area contributed by atoms with Crippen molar-refractivity contribution in [1.82, 2.24) is 19.9 Å². The van der Waals surface area contributed by atoms with Gasteiger partial charge in [-0.2, -0.15) is 0 Å². The van der Waals surface area contributed by atoms with Crippen LogP contribution in [0.5, 0.6) is 5.75 Å². The number of nitrogens with one attached hydrogen (secondary N) is 3. The monoisotopic (exact) mass is 341 g/mol. The Kier molecular flexibility index (Phi) is 2.97. The Balaban J connectivity index is 1.46. The van der Waals surface area contributed by atoms with E-state index in [4.69, 9.17) is 4.74 Å². The molecule has 0 amide bonds. The first-order valence-electron chi connectivity index (χ1n) is 8.11. The summed E-state index contributed by atoms with van der Waals surface area (Å²) in [7, 11) is 0. The van der Waals surface area contributed by atoms with Crippen LogP contribution in [-0.4, -0.2) is 45.3 Å². The number of rotatable bonds is 3. The van der Waals surface area contributed by atoms with Crippen LogP contribution < -0.4 is 20.3 Å². The second kappa shape index (κ2) is 5.20. The number of imidazole rings is 1. The predicted octanol–water partition coefficient (Wildman–Crippen LogP) is 1.94. The van der Waals surface area contributed by atoms with Gasteiger partial charge < -0.3 is 25.3 Å². The van der Waals surface area contributed by atoms with E-state index in [-0.39, 0.29) is 18.0 Å². The molecule has 128 valence electrons. The minimum Gasteiger partial charge on any atom is -0.486 e. The van der Waals surface area contributed by atoms with E-state index < -0.39 is 0 Å². The van der Waals surface area contributed by atoms with Gasteiger partial charge in [-0.1, -0.05) is 0 Å². The number of halogens is 1. The van der Waals surface area contributed by atoms with E-state index >= 15 is 0 Å². The van der Waals surface area contributed by atoms with Crippen LogP contribution in [0.25, 0.3) is 11.2 Å². The zero-order chi connectivity index (χ0) is 17.0. The minimum atomic E-state index is -0.333. The number of nitrogens with zero attached hydrogens (tertiary/aromatic N) is 4. The maximum absolute atomic E-state index is 14.0. The zero-order valence-electron chi connectivity index (χ0n) is 13.5. The van der Waals surface area contributed by atoms with E-state index in [0.717, 1.165) is 11.4 Å². The molecule has 0 fully saturated rings. The molecule has 0 saturated heterocycles. The molecule has 25 heavy (non-hydrogen) atoms. The summed E-state index contributed by atoms with van der Waals surface area (Å²) in [5.74, 6) is 0.652. The summed E-state index contributed by atoms with van der Waals surface area (Å²) in [6.07, 6.45) is 3.04. The van der Waals surface area contributed by atoms with Crippen molar-refractivity contribution in [3.8, 4) is 5.75 Å². The third-order valence-corrected chi connectivity index (χ3v) is 4.64. The average Bonchev–Trinajstić information content (AvgIpc) is 3.24. The second-order valence-corrected chi connectivity index (χ2v) is 6.16. The lowest BCUT2D eigenvalue weighted by Crippen LogP contribution is -2.49. The lowest BCUT2D eigenvalue weighted by molar-refractivity contribution is 0.288. The lowest BCUT2D eigenvalue weighted by atomic mass is 10.2. The minimum absolute atomic E-state index is 0.0174. The SMILES string of the molecule is CC(Nc1ncnc2[nH]cnc12)C1Nc2ccc(F)c3c2N1CCO3. The normalized spacial score (nSPS) is 19.3. The molecule has 0 bridgehead atoms. The smallest absolute Gasteiger partial charge is 0.180 e. The van der Waals surface area contributed by atoms with Gasteiger partial charge in [-0.05, 0) is 19.1 Å². The molecule has 2 unspecified atom stereocenters. The highest BCUT2D eigenvalue weighted by molar-refractivity contribution is 5.84. The molecule has 2 atom stereocenters. The summed E-state index contributed by atoms with van der Waals surface area (Å²) in [5, 5.41) is 6.85. The fourth-order valence-electron chi connectivity index (χ4n) is 3.52. The van der Waals surface area contributed by atoms with Crippen LogP contribution in [0, 0.1) is 5.82 Å². The summed E-state index contributed by atoms with van der Waals surface area (Å²) in [5.41, 5.74) is 3.04. The fourth-order valence-corrected chi connectivity index (χ4v) is 3.52. The van der Waals surface area contributed by atoms with Crippen LogP contribution in [0.15, 0.2) is 24.8 Å². The van der Waals surface area contributed by atoms with Crippen LogP contribution in [-0.2, 0) is 0 Å². The molecule has 2 aromatic heterocycles. The van der Waals surface area contributed by atoms with Gasteiger partial charge in [-0.25, -0.2) is 19.3 Å². The molecular formula is C16H16FN7O. The third kappa shape index (κ3) is 2.08. The van der Waals surface area contributed by atoms with E-state index in [0.29, 0.717) is 35.9 Å². The molecule has 2 aliphatic heterocycles. The molecule has 0 aliphatic carbocycles. The number of fused-ring (bicyclic) bond motifs is 1. The Hall–Kier alpha value is -3.10. The van der Waals surface area contributed by atoms with E-state index in [9.17, 15) is 4.39 Å². The van der Waals surface area contributed by atoms with Crippen LogP contribution in [0.3, 0.4) is 0 Å². The summed E-state index contributed by atoms with van der Waals surface area (Å²) >= 11 is 0. The Bertz CT molecular complexity index is 959. The van der Waals surface area contributed by atoms with Crippen molar-refractivity contribution < 1.29 is 9.13 Å². The third-order valence-electron chi connectivity index (χ3n) is 4.64. The highest BCUT2D eigenvalue weighted by Gasteiger charge is 2.38. The lowest BCUT2D eigenvalue weighted by Gasteiger charge is -2.34. The van der Waals surface area contributed by atoms with Gasteiger partial charge in [-0.3, -0.25) is 0 Å². The van der Waals surface area contributed by atoms with Crippen LogP contribution in [0.2, 0.25) is 0 Å². The molecule has 4 heterocycles. The van der Waals surface area contributed by atoms with Crippen molar-refractivity contribution in [2.75, 3.05) is 28.7 Å². The molecule has 0 spiro atoms. The first kappa shape index (κ1) is 14.3. The Morgan fingerprint density at radius 2 is 2.28 bits per heavy atom. The van der Waals surface area contributed by atoms with Crippen molar-refractivity contribution in [2.45, 2.75) is 19.1 Å². The number of aromatic nitrogens is 4. The quantitative estimate of drug-likeness (QED) is 0.671. The molecule has 3 aromatic rings. The van der Waals surface area contributed by atoms with E-state index in [2.05, 4.69) is 42.4 Å². The van der Waals surface area contributed by atoms with Gasteiger partial charge >= 0.3 is 0 Å². The molecule has 8 nitrogen and oxygen atoms in total. The van der Waals surface area contributed by atoms with Crippen molar-refractivity contribution in [3.63, 3.8) is 0 Å². The second-order valence-electron chi connectivity index (χ2n) is 6.16. The standard InChI is InChI=1S/C16H16FN7O/c1-8(22-15-11-14(19-6-18-11)20-7-21-15)16-23-10-3-2-9(17)13-12(10)24(16)4-5-25-13/h2-3,6-8,16,23H,4-5H2,1H3,(H2,18,19,20,21,22). The maximum atomic E-state index is 14.0. The van der Waals surface area contributed by atoms with Gasteiger partial charge in [0, 0.05) is 0 Å². The highest BCUT2D eigenvalue weighted by Crippen LogP contribution is 2.46. The summed E-state index contributed by atoms with van der Waals surface area (Å²) in [6.45, 7) is 3.19. The van der Waals surface area contributed by atoms with Gasteiger partial charge in [-0.15, -0.1) is 0 Å². The average molecular weight is 341 g/mol. The van der Waals surface area contributed by atoms with Crippen molar-refractivity contribution in [1.29, 1.82) is 0 Å². The number of aromatic amines is 1. The number of hydrogen-bond acceptors (Lipinski definition) is 7. The topological polar surface area (TPSA) is 91.0 Å². The van der Waals surface area contributed by atoms with Gasteiger partial charge in [0.15, 0.2) is 23.0 Å². The number of benzene rings is 1. The highest BCUT2D eigenvalue weighted by atomic mass is 19.1. The molecule has 0 saturated carbocycles. The van der Waals surface area contributed by atoms with Gasteiger partial charge in [0.25, 0.3) is 0 Å². The molecule has 9 heteroatoms. The number of H-pyrrole nitrogens is 1. The van der Waals surface area contributed by atoms with Crippen LogP contribution in [0.4, 0.5) is 21.6 Å². The van der Waals surface area contributed by atoms with Gasteiger partial charge in [0.05, 0.1) is 24.6 Å². The summed E-state index contributed by atoms with van der Waals surface area (Å²) < 4.78 is 19.6. The number of hydrogen-bond donors (Lipinski definition) is 3. The van der Waals surface area contributed by atoms with Crippen molar-refractivity contribution in [3.05, 3.63) is 30.6 Å². The summed E-state index contributed by atoms with van der Waals surface area (Å²) in [4.78, 5) is 17.8. The van der Waals surface area contributed by atoms with E-state index in [1.165, 1.54) is 12.4 Å². The molecule has 2 aliphatic rings. The molecule has 3 N–H and O–H groups in total. The van der Waals surface area contributed by atoms with E-state index in [1.54, 1.807) is 12.4 Å². The van der Waals surface area contributed by atoms with Gasteiger partial charge in [0.2, 0.25) is 0 Å². The van der Waals surface area contributed by atoms with Crippen molar-refractivity contribution >= 4 is 28.4 Å². The largest absolute Gasteiger partial charge is 0.486 e. The van der Waals surface area contributed by atoms with Gasteiger partial charge in [0.1, 0.15) is 30.3 Å². The summed E-state index contributed by atoms with van der Waals surface area (Å²) in [6, 6.07) is 3.17. The Morgan fingerprint density at radius 1 is 1.36 bits per heavy atom. The first-order chi connectivity index (χ1) is 12.2. The number of anilines is 3. The Labute approximate surface area is 142 Å². The van der Waals surface area contributed by atoms with Crippen LogP contribution >= 0.6 is 0 Å². The molecule has 5 rings (SSSR count). The fraction of sp³-hybridized carbons (Fsp3) is 0.312. The molecule has 0 radical (unpaired) electrons. The zero-order valence-corrected chi connectivity index (χ0v) is 13.5. The predicted molar refractivity (Wildman–Crippen MR) is 91.4 cm³/mol. The number of ether oxygens (including phenoxy) is 1. The maximum Gasteiger partial charge on any atom is 0.180 e. The van der Waals surface area contributed by atoms with E-state index in [1.807, 2.05) is 0 Å². The molecule has 1 aromatic carbocycles. The first-order valence-corrected chi connectivity index (χ1v) is 8.11. The van der Waals surface area contributed by atoms with Crippen molar-refractivity contribution in [2.24, 2.45) is 0 Å². The molecular weight excluding hydrogens is 325 g/mol. The van der Waals surface area contributed by atoms with Crippen LogP contribution in [0.1, 0.15) is 6.92 Å².